The quantitative estimate of drug-likeness (QED) is 0.702. The van der Waals surface area contributed by atoms with Crippen molar-refractivity contribution < 1.29 is 4.74 Å². The highest BCUT2D eigenvalue weighted by Gasteiger charge is 2.30. The Morgan fingerprint density at radius 1 is 1.47 bits per heavy atom. The summed E-state index contributed by atoms with van der Waals surface area (Å²) in [6, 6.07) is 0. The minimum absolute atomic E-state index is 0.231. The molecule has 1 fully saturated rings. The standard InChI is InChI=1S/C12H25N3OS/c1-5-12(2)10-17-11(14-12)13-6-8-16-9-7-15(3)4/h5-10H2,1-4H3,(H,13,14). The van der Waals surface area contributed by atoms with Crippen molar-refractivity contribution in [2.24, 2.45) is 4.99 Å². The van der Waals surface area contributed by atoms with E-state index in [2.05, 4.69) is 29.1 Å². The van der Waals surface area contributed by atoms with Gasteiger partial charge in [0.2, 0.25) is 0 Å². The van der Waals surface area contributed by atoms with E-state index in [0.717, 1.165) is 37.0 Å². The number of likely N-dealkylation sites (N-methyl/N-ethyl adjacent to an activating group) is 1. The third-order valence-electron chi connectivity index (χ3n) is 2.89. The summed E-state index contributed by atoms with van der Waals surface area (Å²) in [5, 5.41) is 4.55. The number of hydrogen-bond donors (Lipinski definition) is 1. The van der Waals surface area contributed by atoms with E-state index in [0.29, 0.717) is 6.61 Å². The average Bonchev–Trinajstić information content (AvgIpc) is 2.66. The number of aliphatic imine (C=N–C) groups is 1. The van der Waals surface area contributed by atoms with Gasteiger partial charge in [0.1, 0.15) is 0 Å². The van der Waals surface area contributed by atoms with Crippen molar-refractivity contribution in [2.45, 2.75) is 25.8 Å². The number of nitrogens with zero attached hydrogens (tertiary/aromatic N) is 2. The Morgan fingerprint density at radius 3 is 2.82 bits per heavy atom. The summed E-state index contributed by atoms with van der Waals surface area (Å²) < 4.78 is 5.50. The van der Waals surface area contributed by atoms with Crippen molar-refractivity contribution in [3.05, 3.63) is 0 Å². The Morgan fingerprint density at radius 2 is 2.24 bits per heavy atom. The van der Waals surface area contributed by atoms with E-state index >= 15 is 0 Å². The van der Waals surface area contributed by atoms with Gasteiger partial charge < -0.3 is 15.0 Å². The summed E-state index contributed by atoms with van der Waals surface area (Å²) in [5.74, 6) is 1.11. The molecule has 1 saturated heterocycles. The molecule has 4 nitrogen and oxygen atoms in total. The number of nitrogens with one attached hydrogen (secondary N) is 1. The van der Waals surface area contributed by atoms with Gasteiger partial charge in [-0.15, -0.1) is 0 Å². The van der Waals surface area contributed by atoms with Crippen LogP contribution in [0.15, 0.2) is 4.99 Å². The van der Waals surface area contributed by atoms with Crippen molar-refractivity contribution in [1.82, 2.24) is 10.2 Å². The van der Waals surface area contributed by atoms with Crippen LogP contribution >= 0.6 is 11.8 Å². The molecular formula is C12H25N3OS. The van der Waals surface area contributed by atoms with E-state index in [1.54, 1.807) is 0 Å². The van der Waals surface area contributed by atoms with Crippen LogP contribution in [-0.4, -0.2) is 61.8 Å². The van der Waals surface area contributed by atoms with Gasteiger partial charge in [-0.3, -0.25) is 4.99 Å². The lowest BCUT2D eigenvalue weighted by Crippen LogP contribution is -2.39. The third-order valence-corrected chi connectivity index (χ3v) is 4.18. The Balaban J connectivity index is 2.10. The fourth-order valence-electron chi connectivity index (χ4n) is 1.39. The molecule has 1 rings (SSSR count). The highest BCUT2D eigenvalue weighted by atomic mass is 32.2. The van der Waals surface area contributed by atoms with Crippen LogP contribution in [0.5, 0.6) is 0 Å². The fourth-order valence-corrected chi connectivity index (χ4v) is 2.63. The van der Waals surface area contributed by atoms with Crippen LogP contribution in [-0.2, 0) is 4.74 Å². The van der Waals surface area contributed by atoms with Gasteiger partial charge in [0, 0.05) is 17.8 Å². The molecule has 17 heavy (non-hydrogen) atoms. The Bertz CT molecular complexity index is 258. The zero-order valence-electron chi connectivity index (χ0n) is 11.5. The maximum Gasteiger partial charge on any atom is 0.157 e. The second-order valence-corrected chi connectivity index (χ2v) is 5.89. The molecule has 1 unspecified atom stereocenters. The zero-order chi connectivity index (χ0) is 12.7. The number of thioether (sulfide) groups is 1. The summed E-state index contributed by atoms with van der Waals surface area (Å²) in [6.07, 6.45) is 1.14. The van der Waals surface area contributed by atoms with E-state index in [-0.39, 0.29) is 5.54 Å². The molecule has 100 valence electrons. The first-order valence-electron chi connectivity index (χ1n) is 6.23. The first-order valence-corrected chi connectivity index (χ1v) is 7.22. The Hall–Kier alpha value is -0.260. The lowest BCUT2D eigenvalue weighted by molar-refractivity contribution is 0.124. The zero-order valence-corrected chi connectivity index (χ0v) is 12.3. The monoisotopic (exact) mass is 259 g/mol. The summed E-state index contributed by atoms with van der Waals surface area (Å²) in [7, 11) is 4.10. The lowest BCUT2D eigenvalue weighted by Gasteiger charge is -2.20. The van der Waals surface area contributed by atoms with Gasteiger partial charge in [-0.1, -0.05) is 18.7 Å². The summed E-state index contributed by atoms with van der Waals surface area (Å²) in [6.45, 7) is 7.67. The molecular weight excluding hydrogens is 234 g/mol. The summed E-state index contributed by atoms with van der Waals surface area (Å²) >= 11 is 1.82. The first kappa shape index (κ1) is 14.8. The maximum atomic E-state index is 5.50. The van der Waals surface area contributed by atoms with Gasteiger partial charge in [0.25, 0.3) is 0 Å². The van der Waals surface area contributed by atoms with Crippen molar-refractivity contribution in [3.63, 3.8) is 0 Å². The molecule has 5 heteroatoms. The van der Waals surface area contributed by atoms with Crippen molar-refractivity contribution in [1.29, 1.82) is 0 Å². The van der Waals surface area contributed by atoms with Gasteiger partial charge in [-0.2, -0.15) is 0 Å². The van der Waals surface area contributed by atoms with Crippen molar-refractivity contribution in [2.75, 3.05) is 46.2 Å². The van der Waals surface area contributed by atoms with E-state index in [1.165, 1.54) is 0 Å². The van der Waals surface area contributed by atoms with Crippen molar-refractivity contribution >= 4 is 16.9 Å². The molecule has 0 bridgehead atoms. The second kappa shape index (κ2) is 7.24. The average molecular weight is 259 g/mol. The molecule has 0 saturated carbocycles. The van der Waals surface area contributed by atoms with E-state index in [4.69, 9.17) is 4.74 Å². The van der Waals surface area contributed by atoms with Crippen LogP contribution < -0.4 is 5.32 Å². The summed E-state index contributed by atoms with van der Waals surface area (Å²) in [4.78, 5) is 6.63. The van der Waals surface area contributed by atoms with Gasteiger partial charge in [-0.25, -0.2) is 0 Å². The molecule has 1 N–H and O–H groups in total. The predicted octanol–water partition coefficient (Wildman–Crippen LogP) is 1.43. The molecule has 1 aliphatic rings. The molecule has 0 spiro atoms. The molecule has 0 aromatic heterocycles. The van der Waals surface area contributed by atoms with Crippen LogP contribution in [0.4, 0.5) is 0 Å². The molecule has 1 heterocycles. The van der Waals surface area contributed by atoms with Gasteiger partial charge in [0.15, 0.2) is 5.17 Å². The van der Waals surface area contributed by atoms with Crippen LogP contribution in [0.3, 0.4) is 0 Å². The number of ether oxygens (including phenoxy) is 1. The fraction of sp³-hybridized carbons (Fsp3) is 0.917. The van der Waals surface area contributed by atoms with Crippen LogP contribution in [0, 0.1) is 0 Å². The van der Waals surface area contributed by atoms with E-state index in [9.17, 15) is 0 Å². The molecule has 0 aromatic rings. The van der Waals surface area contributed by atoms with Gasteiger partial charge in [0.05, 0.1) is 19.8 Å². The molecule has 1 atom stereocenters. The summed E-state index contributed by atoms with van der Waals surface area (Å²) in [5.41, 5.74) is 0.231. The maximum absolute atomic E-state index is 5.50. The molecule has 1 aliphatic heterocycles. The van der Waals surface area contributed by atoms with Crippen LogP contribution in [0.25, 0.3) is 0 Å². The first-order chi connectivity index (χ1) is 8.06. The SMILES string of the molecule is CCC1(C)CSC(=NCCOCCN(C)C)N1. The van der Waals surface area contributed by atoms with Gasteiger partial charge >= 0.3 is 0 Å². The Kier molecular flexibility index (Phi) is 6.30. The van der Waals surface area contributed by atoms with E-state index in [1.807, 2.05) is 25.9 Å². The lowest BCUT2D eigenvalue weighted by atomic mass is 10.0. The smallest absolute Gasteiger partial charge is 0.157 e. The molecule has 0 amide bonds. The number of amidine groups is 1. The Labute approximate surface area is 109 Å². The minimum atomic E-state index is 0.231. The minimum Gasteiger partial charge on any atom is -0.378 e. The predicted molar refractivity (Wildman–Crippen MR) is 76.0 cm³/mol. The topological polar surface area (TPSA) is 36.9 Å². The highest BCUT2D eigenvalue weighted by Crippen LogP contribution is 2.25. The van der Waals surface area contributed by atoms with Crippen LogP contribution in [0.2, 0.25) is 0 Å². The molecule has 0 aliphatic carbocycles. The molecule has 0 radical (unpaired) electrons. The number of rotatable bonds is 7. The largest absolute Gasteiger partial charge is 0.378 e. The number of hydrogen-bond acceptors (Lipinski definition) is 4. The normalized spacial score (nSPS) is 26.8. The van der Waals surface area contributed by atoms with E-state index < -0.39 is 0 Å². The van der Waals surface area contributed by atoms with Crippen LogP contribution in [0.1, 0.15) is 20.3 Å². The van der Waals surface area contributed by atoms with Gasteiger partial charge in [-0.05, 0) is 27.4 Å². The second-order valence-electron chi connectivity index (χ2n) is 4.93. The van der Waals surface area contributed by atoms with Crippen molar-refractivity contribution in [3.8, 4) is 0 Å². The third kappa shape index (κ3) is 5.75. The highest BCUT2D eigenvalue weighted by molar-refractivity contribution is 8.14. The molecule has 0 aromatic carbocycles.